The molecule has 1 aromatic heterocycles. The van der Waals surface area contributed by atoms with Gasteiger partial charge in [-0.25, -0.2) is 9.97 Å². The highest BCUT2D eigenvalue weighted by Gasteiger charge is 2.40. The molecule has 180 valence electrons. The molecule has 1 fully saturated rings. The van der Waals surface area contributed by atoms with Crippen molar-refractivity contribution in [3.05, 3.63) is 41.7 Å². The molecule has 0 bridgehead atoms. The molecule has 0 radical (unpaired) electrons. The van der Waals surface area contributed by atoms with Crippen molar-refractivity contribution in [2.24, 2.45) is 11.8 Å². The van der Waals surface area contributed by atoms with Gasteiger partial charge in [0.25, 0.3) is 5.91 Å². The maximum atomic E-state index is 13.0. The summed E-state index contributed by atoms with van der Waals surface area (Å²) in [6.45, 7) is 6.65. The first-order chi connectivity index (χ1) is 15.4. The lowest BCUT2D eigenvalue weighted by Gasteiger charge is -2.24. The molecule has 6 nitrogen and oxygen atoms in total. The van der Waals surface area contributed by atoms with Gasteiger partial charge in [0.1, 0.15) is 11.4 Å². The van der Waals surface area contributed by atoms with Crippen LogP contribution in [0.5, 0.6) is 0 Å². The summed E-state index contributed by atoms with van der Waals surface area (Å²) in [5.41, 5.74) is -0.947. The van der Waals surface area contributed by atoms with E-state index in [-0.39, 0.29) is 18.2 Å². The fraction of sp³-hybridized carbons (Fsp3) is 0.542. The molecule has 0 unspecified atom stereocenters. The summed E-state index contributed by atoms with van der Waals surface area (Å²) >= 11 is 0. The molecule has 3 rings (SSSR count). The molecule has 1 atom stereocenters. The maximum absolute atomic E-state index is 13.0. The number of alkyl halides is 3. The molecule has 0 aliphatic heterocycles. The average molecular weight is 465 g/mol. The minimum Gasteiger partial charge on any atom is -0.388 e. The van der Waals surface area contributed by atoms with Gasteiger partial charge < -0.3 is 15.3 Å². The number of aromatic nitrogens is 2. The summed E-state index contributed by atoms with van der Waals surface area (Å²) in [6.07, 6.45) is -0.337. The molecule has 1 aliphatic rings. The van der Waals surface area contributed by atoms with E-state index >= 15 is 0 Å². The van der Waals surface area contributed by atoms with Gasteiger partial charge in [0, 0.05) is 25.7 Å². The Morgan fingerprint density at radius 2 is 1.88 bits per heavy atom. The fourth-order valence-electron chi connectivity index (χ4n) is 3.54. The van der Waals surface area contributed by atoms with Crippen LogP contribution in [0.2, 0.25) is 0 Å². The van der Waals surface area contributed by atoms with Crippen LogP contribution < -0.4 is 10.2 Å². The van der Waals surface area contributed by atoms with Crippen LogP contribution in [-0.2, 0) is 6.18 Å². The Hall–Kier alpha value is -2.68. The number of halogens is 3. The number of nitrogens with zero attached hydrogens (tertiary/aromatic N) is 3. The number of anilines is 1. The van der Waals surface area contributed by atoms with Crippen molar-refractivity contribution in [1.82, 2.24) is 15.3 Å². The number of benzene rings is 1. The molecule has 1 aliphatic carbocycles. The van der Waals surface area contributed by atoms with Crippen LogP contribution in [-0.4, -0.2) is 46.7 Å². The first kappa shape index (κ1) is 25.0. The largest absolute Gasteiger partial charge is 0.416 e. The van der Waals surface area contributed by atoms with Crippen molar-refractivity contribution in [2.45, 2.75) is 51.8 Å². The Morgan fingerprint density at radius 3 is 2.42 bits per heavy atom. The zero-order chi connectivity index (χ0) is 24.4. The molecule has 33 heavy (non-hydrogen) atoms. The molecule has 2 aromatic rings. The highest BCUT2D eigenvalue weighted by Crippen LogP contribution is 2.39. The second-order valence-electron chi connectivity index (χ2n) is 9.42. The first-order valence-corrected chi connectivity index (χ1v) is 11.1. The molecule has 0 spiro atoms. The third-order valence-corrected chi connectivity index (χ3v) is 5.94. The smallest absolute Gasteiger partial charge is 0.388 e. The van der Waals surface area contributed by atoms with Gasteiger partial charge in [0.2, 0.25) is 0 Å². The normalized spacial score (nSPS) is 15.9. The van der Waals surface area contributed by atoms with Crippen LogP contribution >= 0.6 is 0 Å². The summed E-state index contributed by atoms with van der Waals surface area (Å²) in [7, 11) is 1.84. The van der Waals surface area contributed by atoms with Gasteiger partial charge in [-0.3, -0.25) is 4.79 Å². The number of hydrogen-bond acceptors (Lipinski definition) is 5. The van der Waals surface area contributed by atoms with Gasteiger partial charge >= 0.3 is 6.18 Å². The van der Waals surface area contributed by atoms with E-state index in [1.54, 1.807) is 6.92 Å². The lowest BCUT2D eigenvalue weighted by Crippen LogP contribution is -2.42. The third-order valence-electron chi connectivity index (χ3n) is 5.94. The highest BCUT2D eigenvalue weighted by atomic mass is 19.4. The van der Waals surface area contributed by atoms with Crippen LogP contribution in [0, 0.1) is 11.8 Å². The zero-order valence-electron chi connectivity index (χ0n) is 19.4. The fourth-order valence-corrected chi connectivity index (χ4v) is 3.54. The number of hydrogen-bond donors (Lipinski definition) is 2. The topological polar surface area (TPSA) is 78.4 Å². The Balaban J connectivity index is 1.90. The number of aliphatic hydroxyl groups is 1. The van der Waals surface area contributed by atoms with Crippen LogP contribution in [0.25, 0.3) is 11.3 Å². The van der Waals surface area contributed by atoms with E-state index in [4.69, 9.17) is 0 Å². The van der Waals surface area contributed by atoms with E-state index < -0.39 is 23.2 Å². The summed E-state index contributed by atoms with van der Waals surface area (Å²) in [5, 5.41) is 13.1. The third kappa shape index (κ3) is 6.43. The van der Waals surface area contributed by atoms with Gasteiger partial charge in [-0.05, 0) is 50.2 Å². The number of nitrogens with one attached hydrogen (secondary N) is 1. The molecule has 1 aromatic carbocycles. The van der Waals surface area contributed by atoms with E-state index in [2.05, 4.69) is 29.1 Å². The predicted octanol–water partition coefficient (Wildman–Crippen LogP) is 4.54. The van der Waals surface area contributed by atoms with Crippen LogP contribution in [0.15, 0.2) is 30.5 Å². The van der Waals surface area contributed by atoms with E-state index in [0.29, 0.717) is 29.5 Å². The van der Waals surface area contributed by atoms with Crippen molar-refractivity contribution in [3.8, 4) is 11.3 Å². The second-order valence-corrected chi connectivity index (χ2v) is 9.42. The molecule has 9 heteroatoms. The van der Waals surface area contributed by atoms with Crippen molar-refractivity contribution in [2.75, 3.05) is 25.0 Å². The average Bonchev–Trinajstić information content (AvgIpc) is 3.61. The predicted molar refractivity (Wildman–Crippen MR) is 121 cm³/mol. The highest BCUT2D eigenvalue weighted by molar-refractivity contribution is 5.93. The van der Waals surface area contributed by atoms with Gasteiger partial charge in [-0.15, -0.1) is 0 Å². The zero-order valence-corrected chi connectivity index (χ0v) is 19.4. The standard InChI is InChI=1S/C24H31F3N4O2/c1-15(2)11-12-31(4)21-20(16-5-7-18(8-6-16)24(25,26)27)30-19(13-28-21)22(32)29-14-23(3,33)17-9-10-17/h5-8,13,15,17,33H,9-12,14H2,1-4H3,(H,29,32)/t23-/m0/s1. The molecule has 1 heterocycles. The second kappa shape index (κ2) is 9.67. The van der Waals surface area contributed by atoms with E-state index in [9.17, 15) is 23.1 Å². The lowest BCUT2D eigenvalue weighted by molar-refractivity contribution is -0.137. The van der Waals surface area contributed by atoms with Crippen LogP contribution in [0.1, 0.15) is 56.1 Å². The minimum atomic E-state index is -4.44. The van der Waals surface area contributed by atoms with Crippen molar-refractivity contribution < 1.29 is 23.1 Å². The quantitative estimate of drug-likeness (QED) is 0.570. The summed E-state index contributed by atoms with van der Waals surface area (Å²) in [6, 6.07) is 4.67. The number of carbonyl (C=O) groups excluding carboxylic acids is 1. The SMILES string of the molecule is CC(C)CCN(C)c1ncc(C(=O)NC[C@](C)(O)C2CC2)nc1-c1ccc(C(F)(F)F)cc1. The van der Waals surface area contributed by atoms with Gasteiger partial charge in [0.05, 0.1) is 17.4 Å². The van der Waals surface area contributed by atoms with E-state index in [1.807, 2.05) is 11.9 Å². The molecular weight excluding hydrogens is 433 g/mol. The summed E-state index contributed by atoms with van der Waals surface area (Å²) in [4.78, 5) is 23.5. The van der Waals surface area contributed by atoms with Gasteiger partial charge in [-0.2, -0.15) is 13.2 Å². The summed E-state index contributed by atoms with van der Waals surface area (Å²) < 4.78 is 39.0. The van der Waals surface area contributed by atoms with E-state index in [1.165, 1.54) is 18.3 Å². The van der Waals surface area contributed by atoms with E-state index in [0.717, 1.165) is 31.4 Å². The lowest BCUT2D eigenvalue weighted by atomic mass is 10.0. The van der Waals surface area contributed by atoms with Crippen LogP contribution in [0.3, 0.4) is 0 Å². The van der Waals surface area contributed by atoms with Crippen molar-refractivity contribution in [3.63, 3.8) is 0 Å². The molecular formula is C24H31F3N4O2. The van der Waals surface area contributed by atoms with Gasteiger partial charge in [-0.1, -0.05) is 26.0 Å². The Labute approximate surface area is 192 Å². The van der Waals surface area contributed by atoms with Crippen molar-refractivity contribution >= 4 is 11.7 Å². The number of rotatable bonds is 9. The molecule has 1 amide bonds. The molecule has 0 saturated heterocycles. The summed E-state index contributed by atoms with van der Waals surface area (Å²) in [5.74, 6) is 0.618. The van der Waals surface area contributed by atoms with Gasteiger partial charge in [0.15, 0.2) is 5.82 Å². The maximum Gasteiger partial charge on any atom is 0.416 e. The first-order valence-electron chi connectivity index (χ1n) is 11.1. The number of carbonyl (C=O) groups is 1. The number of amides is 1. The molecule has 2 N–H and O–H groups in total. The monoisotopic (exact) mass is 464 g/mol. The van der Waals surface area contributed by atoms with Crippen molar-refractivity contribution in [1.29, 1.82) is 0 Å². The minimum absolute atomic E-state index is 0.0394. The Morgan fingerprint density at radius 1 is 1.24 bits per heavy atom. The molecule has 1 saturated carbocycles. The Bertz CT molecular complexity index is 971. The Kier molecular flexibility index (Phi) is 7.31. The van der Waals surface area contributed by atoms with Crippen LogP contribution in [0.4, 0.5) is 19.0 Å².